The lowest BCUT2D eigenvalue weighted by atomic mass is 10.1. The number of fused-ring (bicyclic) bond motifs is 1. The maximum atomic E-state index is 3.30. The van der Waals surface area contributed by atoms with Crippen LogP contribution in [-0.2, 0) is 13.1 Å². The zero-order chi connectivity index (χ0) is 13.2. The van der Waals surface area contributed by atoms with Gasteiger partial charge in [0.15, 0.2) is 0 Å². The van der Waals surface area contributed by atoms with Crippen LogP contribution >= 0.6 is 0 Å². The van der Waals surface area contributed by atoms with Gasteiger partial charge in [-0.05, 0) is 29.7 Å². The molecule has 0 radical (unpaired) electrons. The zero-order valence-electron chi connectivity index (χ0n) is 11.6. The average molecular weight is 252 g/mol. The second-order valence-electron chi connectivity index (χ2n) is 5.18. The van der Waals surface area contributed by atoms with Crippen LogP contribution in [0.3, 0.4) is 0 Å². The Morgan fingerprint density at radius 1 is 1.00 bits per heavy atom. The van der Waals surface area contributed by atoms with E-state index < -0.39 is 0 Å². The van der Waals surface area contributed by atoms with E-state index in [-0.39, 0.29) is 0 Å². The van der Waals surface area contributed by atoms with E-state index in [4.69, 9.17) is 0 Å². The molecule has 3 rings (SSSR count). The van der Waals surface area contributed by atoms with Crippen molar-refractivity contribution in [2.45, 2.75) is 26.1 Å². The SMILES string of the molecule is CNc1cccc2c1CN(C(C)c1ccccc1)C2. The van der Waals surface area contributed by atoms with Crippen molar-refractivity contribution in [1.82, 2.24) is 4.90 Å². The smallest absolute Gasteiger partial charge is 0.0386 e. The van der Waals surface area contributed by atoms with Crippen LogP contribution in [0.25, 0.3) is 0 Å². The third-order valence-electron chi connectivity index (χ3n) is 4.11. The van der Waals surface area contributed by atoms with Crippen LogP contribution in [0.2, 0.25) is 0 Å². The number of rotatable bonds is 3. The average Bonchev–Trinajstić information content (AvgIpc) is 2.91. The van der Waals surface area contributed by atoms with E-state index >= 15 is 0 Å². The lowest BCUT2D eigenvalue weighted by Crippen LogP contribution is -2.20. The van der Waals surface area contributed by atoms with E-state index in [1.54, 1.807) is 0 Å². The molecule has 19 heavy (non-hydrogen) atoms. The summed E-state index contributed by atoms with van der Waals surface area (Å²) in [7, 11) is 2.00. The molecule has 1 aliphatic heterocycles. The summed E-state index contributed by atoms with van der Waals surface area (Å²) in [5, 5.41) is 3.30. The minimum atomic E-state index is 0.457. The maximum absolute atomic E-state index is 3.30. The molecule has 0 amide bonds. The molecule has 0 fully saturated rings. The van der Waals surface area contributed by atoms with Crippen molar-refractivity contribution < 1.29 is 0 Å². The first-order valence-corrected chi connectivity index (χ1v) is 6.87. The first-order chi connectivity index (χ1) is 9.29. The highest BCUT2D eigenvalue weighted by atomic mass is 15.2. The number of nitrogens with zero attached hydrogens (tertiary/aromatic N) is 1. The van der Waals surface area contributed by atoms with Crippen molar-refractivity contribution in [2.24, 2.45) is 0 Å². The lowest BCUT2D eigenvalue weighted by molar-refractivity contribution is 0.215. The Morgan fingerprint density at radius 2 is 1.79 bits per heavy atom. The highest BCUT2D eigenvalue weighted by Crippen LogP contribution is 2.34. The molecule has 0 aromatic heterocycles. The summed E-state index contributed by atoms with van der Waals surface area (Å²) >= 11 is 0. The van der Waals surface area contributed by atoms with Gasteiger partial charge in [0, 0.05) is 31.9 Å². The number of anilines is 1. The molecule has 0 aliphatic carbocycles. The first kappa shape index (κ1) is 12.2. The third-order valence-corrected chi connectivity index (χ3v) is 4.11. The monoisotopic (exact) mass is 252 g/mol. The molecule has 1 aliphatic rings. The third kappa shape index (κ3) is 2.24. The first-order valence-electron chi connectivity index (χ1n) is 6.87. The van der Waals surface area contributed by atoms with E-state index in [1.165, 1.54) is 22.4 Å². The van der Waals surface area contributed by atoms with Crippen LogP contribution in [0, 0.1) is 0 Å². The van der Waals surface area contributed by atoms with E-state index in [2.05, 4.69) is 65.7 Å². The Kier molecular flexibility index (Phi) is 3.26. The van der Waals surface area contributed by atoms with Crippen LogP contribution in [0.4, 0.5) is 5.69 Å². The van der Waals surface area contributed by atoms with E-state index in [0.717, 1.165) is 13.1 Å². The fourth-order valence-corrected chi connectivity index (χ4v) is 2.90. The molecule has 1 atom stereocenters. The summed E-state index contributed by atoms with van der Waals surface area (Å²) < 4.78 is 0. The molecule has 2 heteroatoms. The van der Waals surface area contributed by atoms with Gasteiger partial charge in [-0.25, -0.2) is 0 Å². The Labute approximate surface area is 115 Å². The lowest BCUT2D eigenvalue weighted by Gasteiger charge is -2.24. The second kappa shape index (κ2) is 5.06. The van der Waals surface area contributed by atoms with Gasteiger partial charge in [0.05, 0.1) is 0 Å². The molecule has 1 heterocycles. The summed E-state index contributed by atoms with van der Waals surface area (Å²) in [5.74, 6) is 0. The highest BCUT2D eigenvalue weighted by Gasteiger charge is 2.25. The summed E-state index contributed by atoms with van der Waals surface area (Å²) in [6.45, 7) is 4.36. The van der Waals surface area contributed by atoms with Crippen LogP contribution in [0.15, 0.2) is 48.5 Å². The summed E-state index contributed by atoms with van der Waals surface area (Å²) in [4.78, 5) is 2.53. The molecule has 1 unspecified atom stereocenters. The molecular formula is C17H20N2. The van der Waals surface area contributed by atoms with Gasteiger partial charge in [-0.1, -0.05) is 42.5 Å². The predicted octanol–water partition coefficient (Wildman–Crippen LogP) is 3.81. The van der Waals surface area contributed by atoms with Gasteiger partial charge >= 0.3 is 0 Å². The van der Waals surface area contributed by atoms with Crippen LogP contribution in [0.5, 0.6) is 0 Å². The molecule has 2 aromatic rings. The van der Waals surface area contributed by atoms with E-state index in [1.807, 2.05) is 7.05 Å². The van der Waals surface area contributed by atoms with Gasteiger partial charge < -0.3 is 5.32 Å². The van der Waals surface area contributed by atoms with Gasteiger partial charge in [0.2, 0.25) is 0 Å². The van der Waals surface area contributed by atoms with Crippen molar-refractivity contribution in [3.05, 3.63) is 65.2 Å². The van der Waals surface area contributed by atoms with Gasteiger partial charge in [-0.2, -0.15) is 0 Å². The van der Waals surface area contributed by atoms with Crippen molar-refractivity contribution in [2.75, 3.05) is 12.4 Å². The van der Waals surface area contributed by atoms with Crippen LogP contribution < -0.4 is 5.32 Å². The standard InChI is InChI=1S/C17H20N2/c1-13(14-7-4-3-5-8-14)19-11-15-9-6-10-17(18-2)16(15)12-19/h3-10,13,18H,11-12H2,1-2H3. The van der Waals surface area contributed by atoms with Gasteiger partial charge in [-0.3, -0.25) is 4.90 Å². The minimum Gasteiger partial charge on any atom is -0.388 e. The summed E-state index contributed by atoms with van der Waals surface area (Å²) in [5.41, 5.74) is 5.56. The Morgan fingerprint density at radius 3 is 2.53 bits per heavy atom. The van der Waals surface area contributed by atoms with E-state index in [0.29, 0.717) is 6.04 Å². The molecule has 2 aromatic carbocycles. The molecular weight excluding hydrogens is 232 g/mol. The number of benzene rings is 2. The van der Waals surface area contributed by atoms with E-state index in [9.17, 15) is 0 Å². The van der Waals surface area contributed by atoms with Crippen LogP contribution in [-0.4, -0.2) is 11.9 Å². The molecule has 0 spiro atoms. The fourth-order valence-electron chi connectivity index (χ4n) is 2.90. The quantitative estimate of drug-likeness (QED) is 0.893. The van der Waals surface area contributed by atoms with Crippen molar-refractivity contribution in [3.63, 3.8) is 0 Å². The number of nitrogens with one attached hydrogen (secondary N) is 1. The summed E-state index contributed by atoms with van der Waals surface area (Å²) in [6.07, 6.45) is 0. The number of hydrogen-bond acceptors (Lipinski definition) is 2. The Hall–Kier alpha value is -1.80. The van der Waals surface area contributed by atoms with Gasteiger partial charge in [-0.15, -0.1) is 0 Å². The molecule has 0 bridgehead atoms. The normalized spacial score (nSPS) is 16.1. The van der Waals surface area contributed by atoms with Crippen molar-refractivity contribution in [1.29, 1.82) is 0 Å². The molecule has 0 saturated heterocycles. The van der Waals surface area contributed by atoms with Gasteiger partial charge in [0.25, 0.3) is 0 Å². The minimum absolute atomic E-state index is 0.457. The van der Waals surface area contributed by atoms with Gasteiger partial charge in [0.1, 0.15) is 0 Å². The Balaban J connectivity index is 1.84. The predicted molar refractivity (Wildman–Crippen MR) is 80.1 cm³/mol. The van der Waals surface area contributed by atoms with Crippen LogP contribution in [0.1, 0.15) is 29.7 Å². The summed E-state index contributed by atoms with van der Waals surface area (Å²) in [6, 6.07) is 17.7. The highest BCUT2D eigenvalue weighted by molar-refractivity contribution is 5.55. The largest absolute Gasteiger partial charge is 0.388 e. The molecule has 0 saturated carbocycles. The zero-order valence-corrected chi connectivity index (χ0v) is 11.6. The molecule has 1 N–H and O–H groups in total. The molecule has 98 valence electrons. The van der Waals surface area contributed by atoms with Crippen molar-refractivity contribution in [3.8, 4) is 0 Å². The topological polar surface area (TPSA) is 15.3 Å². The van der Waals surface area contributed by atoms with Crippen molar-refractivity contribution >= 4 is 5.69 Å². The fraction of sp³-hybridized carbons (Fsp3) is 0.294. The Bertz CT molecular complexity index is 563. The maximum Gasteiger partial charge on any atom is 0.0386 e. The second-order valence-corrected chi connectivity index (χ2v) is 5.18. The number of hydrogen-bond donors (Lipinski definition) is 1. The molecule has 2 nitrogen and oxygen atoms in total.